The summed E-state index contributed by atoms with van der Waals surface area (Å²) >= 11 is 5.10. The Morgan fingerprint density at radius 3 is 2.73 bits per heavy atom. The third-order valence-electron chi connectivity index (χ3n) is 3.35. The number of nitro groups is 1. The summed E-state index contributed by atoms with van der Waals surface area (Å²) in [5.41, 5.74) is 6.72. The number of rotatable bonds is 6. The maximum Gasteiger partial charge on any atom is 0.389 e. The average molecular weight is 403 g/mol. The zero-order chi connectivity index (χ0) is 18.4. The van der Waals surface area contributed by atoms with Gasteiger partial charge in [0.05, 0.1) is 41.5 Å². The molecular formula is C13H19ClN8O3S. The van der Waals surface area contributed by atoms with E-state index in [1.165, 1.54) is 16.9 Å². The number of carbonyl (C=O) groups is 1. The lowest BCUT2D eigenvalue weighted by Gasteiger charge is -2.11. The summed E-state index contributed by atoms with van der Waals surface area (Å²) in [6.07, 6.45) is 3.18. The first-order valence-electron chi connectivity index (χ1n) is 7.46. The van der Waals surface area contributed by atoms with Crippen LogP contribution in [0.2, 0.25) is 0 Å². The maximum absolute atomic E-state index is 11.8. The van der Waals surface area contributed by atoms with Crippen LogP contribution in [0.15, 0.2) is 18.5 Å². The minimum Gasteiger partial charge on any atom is -0.358 e. The number of hydrazine groups is 1. The third-order valence-corrected chi connectivity index (χ3v) is 3.55. The molecule has 1 amide bonds. The second-order valence-corrected chi connectivity index (χ2v) is 5.44. The lowest BCUT2D eigenvalue weighted by Crippen LogP contribution is -2.44. The Balaban J connectivity index is 0.00000338. The van der Waals surface area contributed by atoms with Gasteiger partial charge in [0.25, 0.3) is 0 Å². The van der Waals surface area contributed by atoms with Crippen molar-refractivity contribution in [3.8, 4) is 0 Å². The number of thiocarbonyl (C=S) groups is 1. The van der Waals surface area contributed by atoms with Crippen LogP contribution >= 0.6 is 24.6 Å². The summed E-state index contributed by atoms with van der Waals surface area (Å²) in [5, 5.41) is 21.6. The Hall–Kier alpha value is -2.73. The molecule has 0 aliphatic rings. The van der Waals surface area contributed by atoms with Gasteiger partial charge in [-0.3, -0.25) is 20.3 Å². The SMILES string of the molecule is CCn1ncc(NC(=S)NNC(=O)CCn2ccc([N+](=O)[O-])n2)c1C.Cl. The number of aryl methyl sites for hydroxylation is 2. The highest BCUT2D eigenvalue weighted by Gasteiger charge is 2.12. The predicted molar refractivity (Wildman–Crippen MR) is 101 cm³/mol. The standard InChI is InChI=1S/C13H18N8O3S.ClH/c1-3-20-9(2)10(8-14-20)15-13(25)17-16-12(22)5-7-19-6-4-11(18-19)21(23)24;/h4,6,8H,3,5,7H2,1-2H3,(H,16,22)(H2,15,17,25);1H. The molecule has 0 aliphatic heterocycles. The fourth-order valence-corrected chi connectivity index (χ4v) is 2.18. The molecular weight excluding hydrogens is 384 g/mol. The van der Waals surface area contributed by atoms with Crippen LogP contribution in [-0.2, 0) is 17.9 Å². The molecule has 0 saturated carbocycles. The summed E-state index contributed by atoms with van der Waals surface area (Å²) in [6.45, 7) is 4.85. The summed E-state index contributed by atoms with van der Waals surface area (Å²) in [5.74, 6) is -0.588. The smallest absolute Gasteiger partial charge is 0.358 e. The molecule has 0 spiro atoms. The van der Waals surface area contributed by atoms with E-state index < -0.39 is 4.92 Å². The number of halogens is 1. The van der Waals surface area contributed by atoms with Crippen molar-refractivity contribution in [2.75, 3.05) is 5.32 Å². The van der Waals surface area contributed by atoms with Gasteiger partial charge in [-0.15, -0.1) is 12.4 Å². The number of nitrogens with one attached hydrogen (secondary N) is 3. The molecule has 0 aromatic carbocycles. The van der Waals surface area contributed by atoms with Gasteiger partial charge in [-0.25, -0.2) is 0 Å². The van der Waals surface area contributed by atoms with Crippen LogP contribution < -0.4 is 16.2 Å². The molecule has 2 aromatic heterocycles. The second-order valence-electron chi connectivity index (χ2n) is 5.03. The molecule has 3 N–H and O–H groups in total. The number of aromatic nitrogens is 4. The van der Waals surface area contributed by atoms with Gasteiger partial charge >= 0.3 is 5.82 Å². The first-order chi connectivity index (χ1) is 11.9. The first-order valence-corrected chi connectivity index (χ1v) is 7.87. The minimum absolute atomic E-state index is 0. The maximum atomic E-state index is 11.8. The molecule has 0 bridgehead atoms. The molecule has 0 saturated heterocycles. The van der Waals surface area contributed by atoms with Crippen molar-refractivity contribution in [2.45, 2.75) is 33.4 Å². The Labute approximate surface area is 160 Å². The van der Waals surface area contributed by atoms with Crippen LogP contribution in [0.4, 0.5) is 11.5 Å². The topological polar surface area (TPSA) is 132 Å². The fraction of sp³-hybridized carbons (Fsp3) is 0.385. The first kappa shape index (κ1) is 21.3. The van der Waals surface area contributed by atoms with E-state index >= 15 is 0 Å². The van der Waals surface area contributed by atoms with Crippen molar-refractivity contribution in [2.24, 2.45) is 0 Å². The summed E-state index contributed by atoms with van der Waals surface area (Å²) in [7, 11) is 0. The van der Waals surface area contributed by atoms with Crippen LogP contribution in [0.3, 0.4) is 0 Å². The predicted octanol–water partition coefficient (Wildman–Crippen LogP) is 1.15. The largest absolute Gasteiger partial charge is 0.389 e. The van der Waals surface area contributed by atoms with Crippen molar-refractivity contribution in [1.29, 1.82) is 0 Å². The van der Waals surface area contributed by atoms with E-state index in [-0.39, 0.29) is 42.2 Å². The lowest BCUT2D eigenvalue weighted by molar-refractivity contribution is -0.389. The molecule has 13 heteroatoms. The van der Waals surface area contributed by atoms with E-state index in [0.29, 0.717) is 0 Å². The molecule has 11 nitrogen and oxygen atoms in total. The monoisotopic (exact) mass is 402 g/mol. The van der Waals surface area contributed by atoms with Crippen molar-refractivity contribution in [3.63, 3.8) is 0 Å². The number of hydrogen-bond donors (Lipinski definition) is 3. The molecule has 2 aromatic rings. The van der Waals surface area contributed by atoms with Crippen LogP contribution in [0, 0.1) is 17.0 Å². The highest BCUT2D eigenvalue weighted by atomic mass is 35.5. The van der Waals surface area contributed by atoms with Gasteiger partial charge in [0.1, 0.15) is 0 Å². The molecule has 142 valence electrons. The molecule has 2 rings (SSSR count). The van der Waals surface area contributed by atoms with E-state index in [4.69, 9.17) is 12.2 Å². The van der Waals surface area contributed by atoms with Gasteiger partial charge in [0.2, 0.25) is 5.91 Å². The number of nitrogens with zero attached hydrogens (tertiary/aromatic N) is 5. The molecule has 0 unspecified atom stereocenters. The van der Waals surface area contributed by atoms with E-state index in [9.17, 15) is 14.9 Å². The van der Waals surface area contributed by atoms with Gasteiger partial charge in [-0.2, -0.15) is 9.78 Å². The number of anilines is 1. The summed E-state index contributed by atoms with van der Waals surface area (Å²) in [6, 6.07) is 1.27. The van der Waals surface area contributed by atoms with E-state index in [1.54, 1.807) is 6.20 Å². The van der Waals surface area contributed by atoms with E-state index in [0.717, 1.165) is 17.9 Å². The highest BCUT2D eigenvalue weighted by Crippen LogP contribution is 2.12. The van der Waals surface area contributed by atoms with Crippen molar-refractivity contribution < 1.29 is 9.72 Å². The molecule has 0 atom stereocenters. The Morgan fingerprint density at radius 1 is 1.42 bits per heavy atom. The van der Waals surface area contributed by atoms with Crippen LogP contribution in [0.1, 0.15) is 19.0 Å². The number of carbonyl (C=O) groups excluding carboxylic acids is 1. The lowest BCUT2D eigenvalue weighted by atomic mass is 10.4. The number of hydrogen-bond acceptors (Lipinski definition) is 6. The van der Waals surface area contributed by atoms with Gasteiger partial charge in [0.15, 0.2) is 5.11 Å². The minimum atomic E-state index is -0.592. The number of amides is 1. The molecule has 0 fully saturated rings. The fourth-order valence-electron chi connectivity index (χ4n) is 2.02. The zero-order valence-electron chi connectivity index (χ0n) is 14.1. The van der Waals surface area contributed by atoms with Gasteiger partial charge in [0, 0.05) is 13.0 Å². The van der Waals surface area contributed by atoms with Crippen LogP contribution in [0.25, 0.3) is 0 Å². The quantitative estimate of drug-likeness (QED) is 0.372. The van der Waals surface area contributed by atoms with Gasteiger partial charge in [-0.05, 0) is 31.0 Å². The Morgan fingerprint density at radius 2 is 2.15 bits per heavy atom. The highest BCUT2D eigenvalue weighted by molar-refractivity contribution is 7.80. The van der Waals surface area contributed by atoms with E-state index in [2.05, 4.69) is 26.4 Å². The zero-order valence-corrected chi connectivity index (χ0v) is 15.8. The Bertz CT molecular complexity index is 790. The van der Waals surface area contributed by atoms with Crippen molar-refractivity contribution >= 4 is 47.1 Å². The molecule has 2 heterocycles. The third kappa shape index (κ3) is 5.67. The van der Waals surface area contributed by atoms with Gasteiger partial charge < -0.3 is 15.4 Å². The summed E-state index contributed by atoms with van der Waals surface area (Å²) in [4.78, 5) is 21.7. The van der Waals surface area contributed by atoms with Crippen LogP contribution in [-0.4, -0.2) is 35.5 Å². The normalized spacial score (nSPS) is 9.92. The Kier molecular flexibility index (Phi) is 7.93. The van der Waals surface area contributed by atoms with Crippen molar-refractivity contribution in [3.05, 3.63) is 34.3 Å². The van der Waals surface area contributed by atoms with Crippen molar-refractivity contribution in [1.82, 2.24) is 30.4 Å². The molecule has 0 radical (unpaired) electrons. The second kappa shape index (κ2) is 9.68. The summed E-state index contributed by atoms with van der Waals surface area (Å²) < 4.78 is 3.14. The van der Waals surface area contributed by atoms with Gasteiger partial charge in [-0.1, -0.05) is 0 Å². The van der Waals surface area contributed by atoms with E-state index in [1.807, 2.05) is 18.5 Å². The average Bonchev–Trinajstić information content (AvgIpc) is 3.19. The molecule has 0 aliphatic carbocycles. The molecule has 26 heavy (non-hydrogen) atoms. The van der Waals surface area contributed by atoms with Crippen LogP contribution in [0.5, 0.6) is 0 Å².